The number of ether oxygens (including phenoxy) is 1. The Morgan fingerprint density at radius 3 is 2.44 bits per heavy atom. The lowest BCUT2D eigenvalue weighted by Gasteiger charge is -2.36. The van der Waals surface area contributed by atoms with Crippen LogP contribution >= 0.6 is 0 Å². The molecule has 0 aliphatic carbocycles. The lowest BCUT2D eigenvalue weighted by molar-refractivity contribution is -0.137. The number of carbonyl (C=O) groups is 2. The average Bonchev–Trinajstić information content (AvgIpc) is 2.94. The van der Waals surface area contributed by atoms with Crippen molar-refractivity contribution in [3.05, 3.63) is 11.3 Å². The Labute approximate surface area is 148 Å². The molecule has 2 amide bonds. The summed E-state index contributed by atoms with van der Waals surface area (Å²) in [4.78, 5) is 29.6. The Morgan fingerprint density at radius 2 is 1.76 bits per heavy atom. The first-order chi connectivity index (χ1) is 12.0. The quantitative estimate of drug-likeness (QED) is 0.832. The number of carbonyl (C=O) groups excluding carboxylic acids is 2. The zero-order valence-corrected chi connectivity index (χ0v) is 15.5. The molecule has 7 heteroatoms. The number of hydrogen-bond donors (Lipinski definition) is 0. The van der Waals surface area contributed by atoms with Crippen LogP contribution in [-0.4, -0.2) is 64.7 Å². The third-order valence-corrected chi connectivity index (χ3v) is 5.30. The van der Waals surface area contributed by atoms with Crippen molar-refractivity contribution >= 4 is 11.8 Å². The lowest BCUT2D eigenvalue weighted by atomic mass is 9.95. The number of likely N-dealkylation sites (tertiary alicyclic amines) is 2. The molecular formula is C18H28N4O3. The van der Waals surface area contributed by atoms with Crippen LogP contribution in [0.3, 0.4) is 0 Å². The Kier molecular flexibility index (Phi) is 5.30. The van der Waals surface area contributed by atoms with E-state index in [0.29, 0.717) is 30.2 Å². The number of nitrogens with zero attached hydrogens (tertiary/aromatic N) is 4. The number of aromatic nitrogens is 2. The molecule has 1 atom stereocenters. The highest BCUT2D eigenvalue weighted by Gasteiger charge is 2.34. The molecule has 25 heavy (non-hydrogen) atoms. The van der Waals surface area contributed by atoms with Crippen LogP contribution in [0.2, 0.25) is 0 Å². The summed E-state index contributed by atoms with van der Waals surface area (Å²) in [7, 11) is 3.31. The number of methoxy groups -OCH3 is 1. The van der Waals surface area contributed by atoms with Gasteiger partial charge in [-0.05, 0) is 39.0 Å². The van der Waals surface area contributed by atoms with Crippen LogP contribution in [-0.2, 0) is 11.8 Å². The molecule has 0 spiro atoms. The maximum absolute atomic E-state index is 13.0. The second-order valence-corrected chi connectivity index (χ2v) is 7.07. The standard InChI is InChI=1S/C18H28N4O3/c1-13-15(18(25-3)20(2)19-13)17(24)22-11-7-8-14(12-22)16(23)21-9-5-4-6-10-21/h14H,4-12H2,1-3H3/t14-/m1/s1. The minimum Gasteiger partial charge on any atom is -0.481 e. The molecule has 0 radical (unpaired) electrons. The second kappa shape index (κ2) is 7.45. The third-order valence-electron chi connectivity index (χ3n) is 5.30. The van der Waals surface area contributed by atoms with Gasteiger partial charge in [-0.15, -0.1) is 0 Å². The number of amides is 2. The zero-order chi connectivity index (χ0) is 18.0. The molecule has 3 heterocycles. The summed E-state index contributed by atoms with van der Waals surface area (Å²) in [6, 6.07) is 0. The molecule has 0 N–H and O–H groups in total. The molecular weight excluding hydrogens is 320 g/mol. The lowest BCUT2D eigenvalue weighted by Crippen LogP contribution is -2.48. The first kappa shape index (κ1) is 17.8. The number of rotatable bonds is 3. The molecule has 3 rings (SSSR count). The van der Waals surface area contributed by atoms with Crippen molar-refractivity contribution in [3.8, 4) is 5.88 Å². The summed E-state index contributed by atoms with van der Waals surface area (Å²) in [5.41, 5.74) is 1.17. The minimum atomic E-state index is -0.0846. The maximum Gasteiger partial charge on any atom is 0.261 e. The molecule has 0 bridgehead atoms. The van der Waals surface area contributed by atoms with Gasteiger partial charge in [-0.2, -0.15) is 5.10 Å². The van der Waals surface area contributed by atoms with E-state index in [9.17, 15) is 9.59 Å². The average molecular weight is 348 g/mol. The van der Waals surface area contributed by atoms with E-state index in [0.717, 1.165) is 38.8 Å². The number of piperidine rings is 2. The van der Waals surface area contributed by atoms with Crippen LogP contribution in [0.1, 0.15) is 48.2 Å². The fourth-order valence-electron chi connectivity index (χ4n) is 4.01. The number of hydrogen-bond acceptors (Lipinski definition) is 4. The number of aryl methyl sites for hydroxylation is 2. The van der Waals surface area contributed by atoms with Crippen LogP contribution in [0.15, 0.2) is 0 Å². The molecule has 138 valence electrons. The molecule has 7 nitrogen and oxygen atoms in total. The zero-order valence-electron chi connectivity index (χ0n) is 15.5. The first-order valence-electron chi connectivity index (χ1n) is 9.18. The van der Waals surface area contributed by atoms with E-state index in [-0.39, 0.29) is 17.7 Å². The molecule has 0 aromatic carbocycles. The maximum atomic E-state index is 13.0. The predicted octanol–water partition coefficient (Wildman–Crippen LogP) is 1.60. The SMILES string of the molecule is COc1c(C(=O)N2CCC[C@@H](C(=O)N3CCCCC3)C2)c(C)nn1C. The monoisotopic (exact) mass is 348 g/mol. The van der Waals surface area contributed by atoms with Crippen LogP contribution in [0, 0.1) is 12.8 Å². The van der Waals surface area contributed by atoms with Gasteiger partial charge in [-0.1, -0.05) is 0 Å². The molecule has 2 aliphatic rings. The third kappa shape index (κ3) is 3.50. The highest BCUT2D eigenvalue weighted by Crippen LogP contribution is 2.27. The molecule has 0 saturated carbocycles. The van der Waals surface area contributed by atoms with E-state index in [1.807, 2.05) is 11.8 Å². The van der Waals surface area contributed by atoms with Crippen molar-refractivity contribution in [1.29, 1.82) is 0 Å². The second-order valence-electron chi connectivity index (χ2n) is 7.07. The largest absolute Gasteiger partial charge is 0.481 e. The van der Waals surface area contributed by atoms with Gasteiger partial charge < -0.3 is 14.5 Å². The molecule has 2 saturated heterocycles. The highest BCUT2D eigenvalue weighted by atomic mass is 16.5. The van der Waals surface area contributed by atoms with Crippen molar-refractivity contribution < 1.29 is 14.3 Å². The van der Waals surface area contributed by atoms with E-state index in [4.69, 9.17) is 4.74 Å². The van der Waals surface area contributed by atoms with Gasteiger partial charge >= 0.3 is 0 Å². The Hall–Kier alpha value is -2.05. The van der Waals surface area contributed by atoms with Crippen molar-refractivity contribution in [2.75, 3.05) is 33.3 Å². The highest BCUT2D eigenvalue weighted by molar-refractivity contribution is 5.98. The summed E-state index contributed by atoms with van der Waals surface area (Å²) in [6.07, 6.45) is 5.11. The normalized spacial score (nSPS) is 21.3. The van der Waals surface area contributed by atoms with E-state index in [1.165, 1.54) is 6.42 Å². The smallest absolute Gasteiger partial charge is 0.261 e. The molecule has 0 unspecified atom stereocenters. The summed E-state index contributed by atoms with van der Waals surface area (Å²) in [5.74, 6) is 0.524. The van der Waals surface area contributed by atoms with Crippen molar-refractivity contribution in [2.24, 2.45) is 13.0 Å². The van der Waals surface area contributed by atoms with Crippen LogP contribution < -0.4 is 4.74 Å². The predicted molar refractivity (Wildman–Crippen MR) is 93.6 cm³/mol. The summed E-state index contributed by atoms with van der Waals surface area (Å²) < 4.78 is 6.94. The topological polar surface area (TPSA) is 67.7 Å². The van der Waals surface area contributed by atoms with Gasteiger partial charge in [0.2, 0.25) is 11.8 Å². The summed E-state index contributed by atoms with van der Waals surface area (Å²) in [5, 5.41) is 4.29. The fourth-order valence-corrected chi connectivity index (χ4v) is 4.01. The molecule has 1 aromatic rings. The Bertz CT molecular complexity index is 649. The van der Waals surface area contributed by atoms with E-state index < -0.39 is 0 Å². The van der Waals surface area contributed by atoms with E-state index in [2.05, 4.69) is 5.10 Å². The summed E-state index contributed by atoms with van der Waals surface area (Å²) in [6.45, 7) is 4.71. The van der Waals surface area contributed by atoms with Crippen molar-refractivity contribution in [3.63, 3.8) is 0 Å². The van der Waals surface area contributed by atoms with Gasteiger partial charge in [0.1, 0.15) is 5.56 Å². The van der Waals surface area contributed by atoms with Crippen LogP contribution in [0.5, 0.6) is 5.88 Å². The Balaban J connectivity index is 1.73. The van der Waals surface area contributed by atoms with Gasteiger partial charge in [0, 0.05) is 33.2 Å². The van der Waals surface area contributed by atoms with Gasteiger partial charge in [0.05, 0.1) is 18.7 Å². The van der Waals surface area contributed by atoms with Crippen LogP contribution in [0.25, 0.3) is 0 Å². The van der Waals surface area contributed by atoms with Gasteiger partial charge in [-0.3, -0.25) is 9.59 Å². The fraction of sp³-hybridized carbons (Fsp3) is 0.722. The van der Waals surface area contributed by atoms with Crippen molar-refractivity contribution in [1.82, 2.24) is 19.6 Å². The van der Waals surface area contributed by atoms with Gasteiger partial charge in [0.15, 0.2) is 0 Å². The first-order valence-corrected chi connectivity index (χ1v) is 9.18. The van der Waals surface area contributed by atoms with E-state index in [1.54, 1.807) is 23.7 Å². The van der Waals surface area contributed by atoms with E-state index >= 15 is 0 Å². The Morgan fingerprint density at radius 1 is 1.08 bits per heavy atom. The molecule has 2 aliphatic heterocycles. The van der Waals surface area contributed by atoms with Crippen molar-refractivity contribution in [2.45, 2.75) is 39.0 Å². The molecule has 1 aromatic heterocycles. The summed E-state index contributed by atoms with van der Waals surface area (Å²) >= 11 is 0. The molecule has 2 fully saturated rings. The van der Waals surface area contributed by atoms with Gasteiger partial charge in [0.25, 0.3) is 5.91 Å². The minimum absolute atomic E-state index is 0.0845. The van der Waals surface area contributed by atoms with Gasteiger partial charge in [-0.25, -0.2) is 4.68 Å². The van der Waals surface area contributed by atoms with Crippen LogP contribution in [0.4, 0.5) is 0 Å².